The van der Waals surface area contributed by atoms with Crippen molar-refractivity contribution in [3.63, 3.8) is 0 Å². The first-order chi connectivity index (χ1) is 6.20. The summed E-state index contributed by atoms with van der Waals surface area (Å²) in [6, 6.07) is 0.681. The van der Waals surface area contributed by atoms with Gasteiger partial charge in [-0.1, -0.05) is 13.3 Å². The maximum atomic E-state index is 9.31. The van der Waals surface area contributed by atoms with Crippen LogP contribution in [0.15, 0.2) is 0 Å². The topological polar surface area (TPSA) is 32.3 Å². The molecule has 0 spiro atoms. The van der Waals surface area contributed by atoms with E-state index in [4.69, 9.17) is 0 Å². The second kappa shape index (κ2) is 5.89. The Morgan fingerprint density at radius 1 is 1.46 bits per heavy atom. The van der Waals surface area contributed by atoms with E-state index in [1.807, 2.05) is 18.7 Å². The van der Waals surface area contributed by atoms with Crippen LogP contribution in [0.3, 0.4) is 0 Å². The van der Waals surface area contributed by atoms with Gasteiger partial charge in [-0.2, -0.15) is 11.8 Å². The number of hydrogen-bond donors (Lipinski definition) is 2. The van der Waals surface area contributed by atoms with Crippen molar-refractivity contribution >= 4 is 11.8 Å². The Labute approximate surface area is 85.5 Å². The molecule has 0 aromatic carbocycles. The van der Waals surface area contributed by atoms with Crippen LogP contribution in [0.5, 0.6) is 0 Å². The van der Waals surface area contributed by atoms with E-state index >= 15 is 0 Å². The molecule has 2 nitrogen and oxygen atoms in total. The second-order valence-electron chi connectivity index (χ2n) is 3.93. The van der Waals surface area contributed by atoms with Gasteiger partial charge in [0.15, 0.2) is 0 Å². The van der Waals surface area contributed by atoms with Crippen molar-refractivity contribution in [2.75, 3.05) is 12.3 Å². The number of nitrogens with one attached hydrogen (secondary N) is 1. The molecular weight excluding hydrogens is 182 g/mol. The predicted molar refractivity (Wildman–Crippen MR) is 59.2 cm³/mol. The van der Waals surface area contributed by atoms with Crippen LogP contribution in [-0.4, -0.2) is 34.8 Å². The van der Waals surface area contributed by atoms with Gasteiger partial charge in [0.05, 0.1) is 6.10 Å². The minimum atomic E-state index is -0.186. The number of aliphatic hydroxyl groups is 1. The monoisotopic (exact) mass is 203 g/mol. The van der Waals surface area contributed by atoms with Crippen LogP contribution >= 0.6 is 11.8 Å². The molecule has 0 aromatic rings. The Kier molecular flexibility index (Phi) is 5.14. The van der Waals surface area contributed by atoms with Crippen molar-refractivity contribution in [2.24, 2.45) is 0 Å². The molecule has 0 aliphatic carbocycles. The zero-order valence-electron chi connectivity index (χ0n) is 8.62. The van der Waals surface area contributed by atoms with Gasteiger partial charge in [0, 0.05) is 17.0 Å². The zero-order valence-corrected chi connectivity index (χ0v) is 9.44. The highest BCUT2D eigenvalue weighted by Crippen LogP contribution is 2.18. The Morgan fingerprint density at radius 3 is 2.77 bits per heavy atom. The molecule has 3 heteroatoms. The lowest BCUT2D eigenvalue weighted by Gasteiger charge is -2.25. The predicted octanol–water partition coefficient (Wildman–Crippen LogP) is 1.63. The standard InChI is InChI=1S/C10H21NOS/c1-8(12)9(2)13-7-10-5-3-4-6-11-10/h8-12H,3-7H2,1-2H3. The normalized spacial score (nSPS) is 28.4. The van der Waals surface area contributed by atoms with E-state index in [0.717, 1.165) is 5.75 Å². The average Bonchev–Trinajstić information content (AvgIpc) is 2.15. The fraction of sp³-hybridized carbons (Fsp3) is 1.00. The highest BCUT2D eigenvalue weighted by Gasteiger charge is 2.15. The van der Waals surface area contributed by atoms with E-state index in [1.54, 1.807) is 0 Å². The highest BCUT2D eigenvalue weighted by atomic mass is 32.2. The summed E-state index contributed by atoms with van der Waals surface area (Å²) in [5, 5.41) is 13.2. The van der Waals surface area contributed by atoms with Gasteiger partial charge in [-0.3, -0.25) is 0 Å². The number of rotatable bonds is 4. The molecule has 1 rings (SSSR count). The number of hydrogen-bond acceptors (Lipinski definition) is 3. The Balaban J connectivity index is 2.10. The highest BCUT2D eigenvalue weighted by molar-refractivity contribution is 7.99. The summed E-state index contributed by atoms with van der Waals surface area (Å²) in [6.07, 6.45) is 3.81. The van der Waals surface area contributed by atoms with Crippen molar-refractivity contribution in [1.82, 2.24) is 5.32 Å². The largest absolute Gasteiger partial charge is 0.392 e. The molecule has 78 valence electrons. The number of aliphatic hydroxyl groups excluding tert-OH is 1. The summed E-state index contributed by atoms with van der Waals surface area (Å²) < 4.78 is 0. The molecule has 3 atom stereocenters. The Bertz CT molecular complexity index is 135. The van der Waals surface area contributed by atoms with Gasteiger partial charge in [0.25, 0.3) is 0 Å². The molecule has 1 aliphatic heterocycles. The third-order valence-electron chi connectivity index (χ3n) is 2.65. The van der Waals surface area contributed by atoms with Gasteiger partial charge in [0.2, 0.25) is 0 Å². The van der Waals surface area contributed by atoms with Gasteiger partial charge in [-0.25, -0.2) is 0 Å². The molecule has 0 radical (unpaired) electrons. The third-order valence-corrected chi connectivity index (χ3v) is 4.17. The van der Waals surface area contributed by atoms with E-state index in [9.17, 15) is 5.11 Å². The quantitative estimate of drug-likeness (QED) is 0.728. The first-order valence-corrected chi connectivity index (χ1v) is 6.28. The fourth-order valence-electron chi connectivity index (χ4n) is 1.47. The van der Waals surface area contributed by atoms with Crippen LogP contribution in [0, 0.1) is 0 Å². The van der Waals surface area contributed by atoms with Crippen LogP contribution in [0.2, 0.25) is 0 Å². The van der Waals surface area contributed by atoms with Crippen LogP contribution in [0.25, 0.3) is 0 Å². The van der Waals surface area contributed by atoms with Crippen LogP contribution in [0.4, 0.5) is 0 Å². The van der Waals surface area contributed by atoms with Gasteiger partial charge >= 0.3 is 0 Å². The molecular formula is C10H21NOS. The molecule has 1 aliphatic rings. The zero-order chi connectivity index (χ0) is 9.68. The molecule has 2 N–H and O–H groups in total. The van der Waals surface area contributed by atoms with Crippen LogP contribution in [0.1, 0.15) is 33.1 Å². The van der Waals surface area contributed by atoms with E-state index in [0.29, 0.717) is 11.3 Å². The summed E-state index contributed by atoms with van der Waals surface area (Å²) in [5.74, 6) is 1.14. The van der Waals surface area contributed by atoms with E-state index in [-0.39, 0.29) is 6.10 Å². The molecule has 1 fully saturated rings. The number of thioether (sulfide) groups is 1. The molecule has 13 heavy (non-hydrogen) atoms. The van der Waals surface area contributed by atoms with Gasteiger partial charge in [-0.05, 0) is 26.3 Å². The molecule has 0 saturated carbocycles. The SMILES string of the molecule is CC(O)C(C)SCC1CCCCN1. The average molecular weight is 203 g/mol. The molecule has 0 bridgehead atoms. The summed E-state index contributed by atoms with van der Waals surface area (Å²) in [5.41, 5.74) is 0. The maximum Gasteiger partial charge on any atom is 0.0628 e. The lowest BCUT2D eigenvalue weighted by atomic mass is 10.1. The van der Waals surface area contributed by atoms with E-state index in [1.165, 1.54) is 25.8 Å². The van der Waals surface area contributed by atoms with E-state index < -0.39 is 0 Å². The smallest absolute Gasteiger partial charge is 0.0628 e. The first-order valence-electron chi connectivity index (χ1n) is 5.23. The lowest BCUT2D eigenvalue weighted by molar-refractivity contribution is 0.196. The molecule has 3 unspecified atom stereocenters. The summed E-state index contributed by atoms with van der Waals surface area (Å²) in [7, 11) is 0. The van der Waals surface area contributed by atoms with Crippen molar-refractivity contribution in [2.45, 2.75) is 50.5 Å². The molecule has 0 amide bonds. The van der Waals surface area contributed by atoms with Crippen molar-refractivity contribution in [3.8, 4) is 0 Å². The Hall–Kier alpha value is 0.270. The first kappa shape index (κ1) is 11.3. The van der Waals surface area contributed by atoms with Gasteiger partial charge in [0.1, 0.15) is 0 Å². The lowest BCUT2D eigenvalue weighted by Crippen LogP contribution is -2.36. The van der Waals surface area contributed by atoms with Crippen LogP contribution in [-0.2, 0) is 0 Å². The van der Waals surface area contributed by atoms with Gasteiger partial charge < -0.3 is 10.4 Å². The molecule has 1 heterocycles. The maximum absolute atomic E-state index is 9.31. The molecule has 0 aromatic heterocycles. The van der Waals surface area contributed by atoms with Crippen molar-refractivity contribution in [3.05, 3.63) is 0 Å². The Morgan fingerprint density at radius 2 is 2.23 bits per heavy atom. The van der Waals surface area contributed by atoms with Crippen LogP contribution < -0.4 is 5.32 Å². The second-order valence-corrected chi connectivity index (χ2v) is 5.34. The fourth-order valence-corrected chi connectivity index (χ4v) is 2.57. The number of piperidine rings is 1. The summed E-state index contributed by atoms with van der Waals surface area (Å²) in [4.78, 5) is 0. The minimum Gasteiger partial charge on any atom is -0.392 e. The van der Waals surface area contributed by atoms with Crippen molar-refractivity contribution in [1.29, 1.82) is 0 Å². The van der Waals surface area contributed by atoms with Crippen molar-refractivity contribution < 1.29 is 5.11 Å². The third kappa shape index (κ3) is 4.34. The summed E-state index contributed by atoms with van der Waals surface area (Å²) in [6.45, 7) is 5.14. The van der Waals surface area contributed by atoms with Gasteiger partial charge in [-0.15, -0.1) is 0 Å². The summed E-state index contributed by atoms with van der Waals surface area (Å²) >= 11 is 1.88. The molecule has 1 saturated heterocycles. The van der Waals surface area contributed by atoms with E-state index in [2.05, 4.69) is 12.2 Å². The minimum absolute atomic E-state index is 0.186.